The summed E-state index contributed by atoms with van der Waals surface area (Å²) in [6.45, 7) is 4.21. The van der Waals surface area contributed by atoms with Crippen LogP contribution in [0.3, 0.4) is 0 Å². The van der Waals surface area contributed by atoms with Crippen molar-refractivity contribution in [3.63, 3.8) is 0 Å². The van der Waals surface area contributed by atoms with Gasteiger partial charge in [0.1, 0.15) is 12.1 Å². The molecule has 12 heteroatoms. The molecule has 2 fully saturated rings. The van der Waals surface area contributed by atoms with Crippen molar-refractivity contribution in [2.45, 2.75) is 31.7 Å². The Labute approximate surface area is 247 Å². The highest BCUT2D eigenvalue weighted by molar-refractivity contribution is 6.30. The molecule has 2 aliphatic rings. The second kappa shape index (κ2) is 11.6. The van der Waals surface area contributed by atoms with Crippen molar-refractivity contribution in [2.75, 3.05) is 37.6 Å². The largest absolute Gasteiger partial charge is 0.354 e. The van der Waals surface area contributed by atoms with Crippen LogP contribution in [-0.4, -0.2) is 79.1 Å². The maximum absolute atomic E-state index is 14.2. The first-order valence-electron chi connectivity index (χ1n) is 13.7. The Kier molecular flexibility index (Phi) is 7.77. The van der Waals surface area contributed by atoms with Crippen LogP contribution in [0.5, 0.6) is 0 Å². The van der Waals surface area contributed by atoms with E-state index in [4.69, 9.17) is 23.2 Å². The Morgan fingerprint density at radius 2 is 1.73 bits per heavy atom. The molecule has 0 N–H and O–H groups in total. The number of benzene rings is 1. The van der Waals surface area contributed by atoms with E-state index in [1.807, 2.05) is 58.3 Å². The lowest BCUT2D eigenvalue weighted by Gasteiger charge is -2.37. The van der Waals surface area contributed by atoms with Crippen molar-refractivity contribution in [3.05, 3.63) is 82.4 Å². The van der Waals surface area contributed by atoms with Crippen molar-refractivity contribution in [1.29, 1.82) is 0 Å². The summed E-state index contributed by atoms with van der Waals surface area (Å²) in [5, 5.41) is 13.8. The van der Waals surface area contributed by atoms with E-state index in [0.29, 0.717) is 48.4 Å². The molecular formula is C29H30Cl2N8O2. The summed E-state index contributed by atoms with van der Waals surface area (Å²) < 4.78 is 1.63. The van der Waals surface area contributed by atoms with E-state index in [-0.39, 0.29) is 29.7 Å². The predicted molar refractivity (Wildman–Crippen MR) is 156 cm³/mol. The molecular weight excluding hydrogens is 563 g/mol. The van der Waals surface area contributed by atoms with Crippen LogP contribution >= 0.6 is 23.2 Å². The molecule has 0 saturated carbocycles. The number of nitrogens with zero attached hydrogens (tertiary/aromatic N) is 8. The number of hydrogen-bond acceptors (Lipinski definition) is 7. The Bertz CT molecular complexity index is 1540. The number of anilines is 1. The normalized spacial score (nSPS) is 21.6. The van der Waals surface area contributed by atoms with Crippen molar-refractivity contribution < 1.29 is 9.59 Å². The lowest BCUT2D eigenvalue weighted by atomic mass is 9.90. The fourth-order valence-corrected chi connectivity index (χ4v) is 6.26. The number of amides is 2. The van der Waals surface area contributed by atoms with Crippen LogP contribution in [0.2, 0.25) is 10.0 Å². The van der Waals surface area contributed by atoms with Gasteiger partial charge in [-0.15, -0.1) is 15.3 Å². The zero-order valence-corrected chi connectivity index (χ0v) is 24.1. The highest BCUT2D eigenvalue weighted by atomic mass is 35.5. The van der Waals surface area contributed by atoms with Gasteiger partial charge in [0, 0.05) is 62.5 Å². The summed E-state index contributed by atoms with van der Waals surface area (Å²) in [5.41, 5.74) is 2.53. The molecule has 0 bridgehead atoms. The molecule has 2 amide bonds. The Balaban J connectivity index is 1.24. The quantitative estimate of drug-likeness (QED) is 0.349. The first-order chi connectivity index (χ1) is 19.9. The monoisotopic (exact) mass is 592 g/mol. The number of pyridine rings is 1. The summed E-state index contributed by atoms with van der Waals surface area (Å²) in [6.07, 6.45) is 4.72. The smallest absolute Gasteiger partial charge is 0.228 e. The minimum atomic E-state index is -0.334. The Morgan fingerprint density at radius 3 is 2.49 bits per heavy atom. The van der Waals surface area contributed by atoms with Gasteiger partial charge in [0.15, 0.2) is 5.65 Å². The third kappa shape index (κ3) is 5.71. The number of hydrogen-bond donors (Lipinski definition) is 0. The zero-order valence-electron chi connectivity index (χ0n) is 22.6. The highest BCUT2D eigenvalue weighted by Gasteiger charge is 2.42. The van der Waals surface area contributed by atoms with E-state index < -0.39 is 0 Å². The maximum Gasteiger partial charge on any atom is 0.228 e. The van der Waals surface area contributed by atoms with Gasteiger partial charge in [0.25, 0.3) is 0 Å². The summed E-state index contributed by atoms with van der Waals surface area (Å²) in [5.74, 6) is 0.319. The third-order valence-corrected chi connectivity index (χ3v) is 8.58. The van der Waals surface area contributed by atoms with E-state index in [1.165, 1.54) is 0 Å². The molecule has 6 rings (SSSR count). The zero-order chi connectivity index (χ0) is 28.5. The van der Waals surface area contributed by atoms with Crippen LogP contribution in [0.4, 0.5) is 5.82 Å². The molecule has 4 aromatic rings. The fraction of sp³-hybridized carbons (Fsp3) is 0.379. The van der Waals surface area contributed by atoms with Crippen LogP contribution < -0.4 is 4.90 Å². The van der Waals surface area contributed by atoms with Gasteiger partial charge in [-0.1, -0.05) is 35.3 Å². The average Bonchev–Trinajstić information content (AvgIpc) is 3.61. The summed E-state index contributed by atoms with van der Waals surface area (Å²) in [4.78, 5) is 37.4. The summed E-state index contributed by atoms with van der Waals surface area (Å²) in [6, 6.07) is 15.1. The molecule has 1 aromatic carbocycles. The first kappa shape index (κ1) is 27.4. The van der Waals surface area contributed by atoms with Crippen molar-refractivity contribution >= 4 is 46.5 Å². The van der Waals surface area contributed by atoms with E-state index in [2.05, 4.69) is 25.2 Å². The van der Waals surface area contributed by atoms with Gasteiger partial charge in [-0.2, -0.15) is 4.52 Å². The molecule has 2 saturated heterocycles. The topological polar surface area (TPSA) is 99.8 Å². The van der Waals surface area contributed by atoms with Crippen LogP contribution in [0, 0.1) is 5.92 Å². The summed E-state index contributed by atoms with van der Waals surface area (Å²) in [7, 11) is 0. The van der Waals surface area contributed by atoms with Crippen LogP contribution in [0.15, 0.2) is 61.1 Å². The molecule has 41 heavy (non-hydrogen) atoms. The number of fused-ring (bicyclic) bond motifs is 1. The Morgan fingerprint density at radius 1 is 0.927 bits per heavy atom. The van der Waals surface area contributed by atoms with Crippen LogP contribution in [-0.2, 0) is 9.59 Å². The highest BCUT2D eigenvalue weighted by Crippen LogP contribution is 2.36. The van der Waals surface area contributed by atoms with Gasteiger partial charge >= 0.3 is 0 Å². The van der Waals surface area contributed by atoms with E-state index >= 15 is 0 Å². The molecule has 2 aliphatic heterocycles. The van der Waals surface area contributed by atoms with Gasteiger partial charge in [0.2, 0.25) is 11.8 Å². The van der Waals surface area contributed by atoms with Crippen molar-refractivity contribution in [1.82, 2.24) is 34.6 Å². The number of aromatic nitrogens is 5. The van der Waals surface area contributed by atoms with E-state index in [9.17, 15) is 9.59 Å². The minimum absolute atomic E-state index is 0.00927. The number of halogens is 2. The molecule has 3 atom stereocenters. The molecule has 2 unspecified atom stereocenters. The maximum atomic E-state index is 14.2. The first-order valence-corrected chi connectivity index (χ1v) is 14.5. The Hall–Kier alpha value is -3.76. The van der Waals surface area contributed by atoms with Gasteiger partial charge in [-0.05, 0) is 54.8 Å². The number of carbonyl (C=O) groups is 2. The average molecular weight is 594 g/mol. The lowest BCUT2D eigenvalue weighted by molar-refractivity contribution is -0.139. The molecule has 0 spiro atoms. The number of carbonyl (C=O) groups excluding carboxylic acids is 2. The van der Waals surface area contributed by atoms with Crippen LogP contribution in [0.1, 0.15) is 43.0 Å². The molecule has 212 valence electrons. The van der Waals surface area contributed by atoms with E-state index in [1.54, 1.807) is 24.0 Å². The van der Waals surface area contributed by atoms with E-state index in [0.717, 1.165) is 29.9 Å². The SMILES string of the molecule is CC(=O)N1CCN(C(=O)C2CN(c3ccc4nncn4n3)C[C@H]2c2ccc(Cl)cn2)CCCC1c1ccc(Cl)cc1. The lowest BCUT2D eigenvalue weighted by Crippen LogP contribution is -2.47. The molecule has 0 radical (unpaired) electrons. The third-order valence-electron chi connectivity index (χ3n) is 8.10. The van der Waals surface area contributed by atoms with Crippen molar-refractivity contribution in [2.24, 2.45) is 5.92 Å². The predicted octanol–water partition coefficient (Wildman–Crippen LogP) is 4.26. The van der Waals surface area contributed by atoms with Gasteiger partial charge in [-0.25, -0.2) is 0 Å². The van der Waals surface area contributed by atoms with Gasteiger partial charge < -0.3 is 14.7 Å². The van der Waals surface area contributed by atoms with Crippen molar-refractivity contribution in [3.8, 4) is 0 Å². The minimum Gasteiger partial charge on any atom is -0.354 e. The molecule has 10 nitrogen and oxygen atoms in total. The second-order valence-electron chi connectivity index (χ2n) is 10.6. The molecule has 3 aromatic heterocycles. The van der Waals surface area contributed by atoms with Crippen LogP contribution in [0.25, 0.3) is 5.65 Å². The fourth-order valence-electron chi connectivity index (χ4n) is 6.03. The van der Waals surface area contributed by atoms with Gasteiger partial charge in [-0.3, -0.25) is 14.6 Å². The molecule has 5 heterocycles. The summed E-state index contributed by atoms with van der Waals surface area (Å²) >= 11 is 12.2. The number of rotatable bonds is 4. The van der Waals surface area contributed by atoms with Gasteiger partial charge in [0.05, 0.1) is 17.0 Å². The standard InChI is InChI=1S/C29H30Cl2N8O2/c1-19(40)38-14-13-36(12-2-3-26(38)20-4-6-21(30)7-5-20)29(41)24-17-37(16-23(24)25-9-8-22(31)15-32-25)28-11-10-27-34-33-18-39(27)35-28/h4-11,15,18,23-24,26H,2-3,12-14,16-17H2,1H3/t23-,24?,26?/m1/s1. The molecule has 0 aliphatic carbocycles. The second-order valence-corrected chi connectivity index (χ2v) is 11.5.